The van der Waals surface area contributed by atoms with Crippen molar-refractivity contribution >= 4 is 35.6 Å². The lowest BCUT2D eigenvalue weighted by Crippen LogP contribution is -2.49. The molecule has 1 aromatic carbocycles. The molecule has 3 heterocycles. The Morgan fingerprint density at radius 3 is 2.56 bits per heavy atom. The molecule has 1 aliphatic heterocycles. The number of halogens is 1. The molecule has 1 unspecified atom stereocenters. The second kappa shape index (κ2) is 11.7. The predicted molar refractivity (Wildman–Crippen MR) is 143 cm³/mol. The second-order valence-electron chi connectivity index (χ2n) is 8.36. The number of hydrogen-bond donors (Lipinski definition) is 2. The number of aryl methyl sites for hydroxylation is 1. The van der Waals surface area contributed by atoms with Crippen LogP contribution in [0.3, 0.4) is 0 Å². The lowest BCUT2D eigenvalue weighted by atomic mass is 10.0. The van der Waals surface area contributed by atoms with Gasteiger partial charge in [-0.25, -0.2) is 9.98 Å². The van der Waals surface area contributed by atoms with Crippen molar-refractivity contribution in [2.45, 2.75) is 52.2 Å². The van der Waals surface area contributed by atoms with Gasteiger partial charge in [-0.1, -0.05) is 36.4 Å². The molecular weight excluding hydrogens is 511 g/mol. The molecule has 0 saturated carbocycles. The number of piperidine rings is 1. The molecule has 0 spiro atoms. The number of nitrogens with one attached hydrogen (secondary N) is 2. The summed E-state index contributed by atoms with van der Waals surface area (Å²) in [6.07, 6.45) is 4.32. The van der Waals surface area contributed by atoms with E-state index in [0.717, 1.165) is 49.8 Å². The van der Waals surface area contributed by atoms with Gasteiger partial charge in [0.25, 0.3) is 0 Å². The molecule has 1 atom stereocenters. The molecular formula is C25H35IN6. The highest BCUT2D eigenvalue weighted by atomic mass is 127. The average molecular weight is 547 g/mol. The van der Waals surface area contributed by atoms with Crippen molar-refractivity contribution in [2.75, 3.05) is 19.6 Å². The maximum Gasteiger partial charge on any atom is 0.191 e. The number of rotatable bonds is 6. The highest BCUT2D eigenvalue weighted by Gasteiger charge is 2.24. The van der Waals surface area contributed by atoms with Gasteiger partial charge in [-0.15, -0.1) is 24.0 Å². The summed E-state index contributed by atoms with van der Waals surface area (Å²) in [4.78, 5) is 12.1. The third kappa shape index (κ3) is 6.01. The summed E-state index contributed by atoms with van der Waals surface area (Å²) in [6.45, 7) is 10.1. The number of aliphatic imine (C=N–C) groups is 1. The first kappa shape index (κ1) is 24.5. The maximum absolute atomic E-state index is 4.81. The van der Waals surface area contributed by atoms with Crippen molar-refractivity contribution < 1.29 is 0 Å². The summed E-state index contributed by atoms with van der Waals surface area (Å²) in [7, 11) is 0. The van der Waals surface area contributed by atoms with Gasteiger partial charge in [0.2, 0.25) is 0 Å². The molecule has 0 aliphatic carbocycles. The first-order valence-electron chi connectivity index (χ1n) is 11.4. The number of pyridine rings is 1. The van der Waals surface area contributed by atoms with E-state index in [1.54, 1.807) is 0 Å². The van der Waals surface area contributed by atoms with Crippen molar-refractivity contribution in [1.29, 1.82) is 0 Å². The zero-order valence-corrected chi connectivity index (χ0v) is 21.6. The number of aromatic nitrogens is 2. The molecule has 0 bridgehead atoms. The molecule has 1 fully saturated rings. The van der Waals surface area contributed by atoms with E-state index in [0.29, 0.717) is 18.6 Å². The number of guanidine groups is 1. The number of hydrogen-bond acceptors (Lipinski definition) is 3. The molecule has 2 aromatic heterocycles. The van der Waals surface area contributed by atoms with Gasteiger partial charge in [0.1, 0.15) is 5.65 Å². The van der Waals surface area contributed by atoms with Crippen LogP contribution in [0.4, 0.5) is 0 Å². The molecule has 7 heteroatoms. The first-order valence-corrected chi connectivity index (χ1v) is 11.4. The largest absolute Gasteiger partial charge is 0.357 e. The fraction of sp³-hybridized carbons (Fsp3) is 0.440. The van der Waals surface area contributed by atoms with Gasteiger partial charge in [-0.3, -0.25) is 4.90 Å². The highest BCUT2D eigenvalue weighted by molar-refractivity contribution is 14.0. The van der Waals surface area contributed by atoms with E-state index in [9.17, 15) is 0 Å². The van der Waals surface area contributed by atoms with Crippen LogP contribution in [-0.4, -0.2) is 45.9 Å². The van der Waals surface area contributed by atoms with Crippen LogP contribution < -0.4 is 10.6 Å². The third-order valence-electron chi connectivity index (χ3n) is 6.19. The van der Waals surface area contributed by atoms with Crippen molar-refractivity contribution in [3.05, 3.63) is 71.7 Å². The Hall–Kier alpha value is -2.13. The number of likely N-dealkylation sites (tertiary alicyclic amines) is 1. The Morgan fingerprint density at radius 2 is 1.88 bits per heavy atom. The predicted octanol–water partition coefficient (Wildman–Crippen LogP) is 4.54. The van der Waals surface area contributed by atoms with Crippen LogP contribution in [0, 0.1) is 6.92 Å². The standard InChI is InChI=1S/C25H34N6.HI/c1-4-26-25(27-17-23-18-31-19(2)9-8-12-24(31)28-23)29-22-13-15-30(16-14-22)20(3)21-10-6-5-7-11-21;/h5-12,18,20,22H,4,13-17H2,1-3H3,(H2,26,27,29);1H. The summed E-state index contributed by atoms with van der Waals surface area (Å²) < 4.78 is 2.12. The summed E-state index contributed by atoms with van der Waals surface area (Å²) >= 11 is 0. The number of benzene rings is 1. The summed E-state index contributed by atoms with van der Waals surface area (Å²) in [6, 6.07) is 17.9. The molecule has 6 nitrogen and oxygen atoms in total. The van der Waals surface area contributed by atoms with E-state index in [4.69, 9.17) is 9.98 Å². The molecule has 3 aromatic rings. The first-order chi connectivity index (χ1) is 15.1. The Morgan fingerprint density at radius 1 is 1.12 bits per heavy atom. The molecule has 4 rings (SSSR count). The smallest absolute Gasteiger partial charge is 0.191 e. The van der Waals surface area contributed by atoms with Gasteiger partial charge in [-0.05, 0) is 51.3 Å². The van der Waals surface area contributed by atoms with Crippen LogP contribution in [0.1, 0.15) is 49.7 Å². The number of nitrogens with zero attached hydrogens (tertiary/aromatic N) is 4. The average Bonchev–Trinajstić information content (AvgIpc) is 3.23. The minimum absolute atomic E-state index is 0. The SMILES string of the molecule is CCNC(=NCc1cn2c(C)cccc2n1)NC1CCN(C(C)c2ccccc2)CC1.I. The lowest BCUT2D eigenvalue weighted by Gasteiger charge is -2.37. The zero-order chi connectivity index (χ0) is 21.6. The van der Waals surface area contributed by atoms with Gasteiger partial charge in [0.05, 0.1) is 12.2 Å². The van der Waals surface area contributed by atoms with E-state index >= 15 is 0 Å². The van der Waals surface area contributed by atoms with Crippen LogP contribution in [-0.2, 0) is 6.54 Å². The van der Waals surface area contributed by atoms with E-state index in [1.165, 1.54) is 11.3 Å². The molecule has 0 amide bonds. The van der Waals surface area contributed by atoms with Gasteiger partial charge < -0.3 is 15.0 Å². The van der Waals surface area contributed by atoms with E-state index < -0.39 is 0 Å². The second-order valence-corrected chi connectivity index (χ2v) is 8.36. The van der Waals surface area contributed by atoms with Crippen molar-refractivity contribution in [3.8, 4) is 0 Å². The van der Waals surface area contributed by atoms with E-state index in [-0.39, 0.29) is 24.0 Å². The molecule has 1 saturated heterocycles. The quantitative estimate of drug-likeness (QED) is 0.271. The number of imidazole rings is 1. The lowest BCUT2D eigenvalue weighted by molar-refractivity contribution is 0.158. The maximum atomic E-state index is 4.81. The molecule has 172 valence electrons. The van der Waals surface area contributed by atoms with Gasteiger partial charge in [-0.2, -0.15) is 0 Å². The van der Waals surface area contributed by atoms with Crippen LogP contribution in [0.2, 0.25) is 0 Å². The Kier molecular flexibility index (Phi) is 8.92. The Labute approximate surface area is 208 Å². The highest BCUT2D eigenvalue weighted by Crippen LogP contribution is 2.24. The fourth-order valence-corrected chi connectivity index (χ4v) is 4.32. The summed E-state index contributed by atoms with van der Waals surface area (Å²) in [5, 5.41) is 7.04. The van der Waals surface area contributed by atoms with Crippen molar-refractivity contribution in [1.82, 2.24) is 24.9 Å². The van der Waals surface area contributed by atoms with Gasteiger partial charge >= 0.3 is 0 Å². The third-order valence-corrected chi connectivity index (χ3v) is 6.19. The number of fused-ring (bicyclic) bond motifs is 1. The fourth-order valence-electron chi connectivity index (χ4n) is 4.32. The van der Waals surface area contributed by atoms with Crippen LogP contribution >= 0.6 is 24.0 Å². The summed E-state index contributed by atoms with van der Waals surface area (Å²) in [5.74, 6) is 0.880. The topological polar surface area (TPSA) is 57.0 Å². The monoisotopic (exact) mass is 546 g/mol. The van der Waals surface area contributed by atoms with Crippen molar-refractivity contribution in [3.63, 3.8) is 0 Å². The van der Waals surface area contributed by atoms with Gasteiger partial charge in [0.15, 0.2) is 5.96 Å². The molecule has 0 radical (unpaired) electrons. The minimum Gasteiger partial charge on any atom is -0.357 e. The Balaban J connectivity index is 0.00000289. The normalized spacial score (nSPS) is 16.5. The van der Waals surface area contributed by atoms with Gasteiger partial charge in [0, 0.05) is 43.6 Å². The summed E-state index contributed by atoms with van der Waals surface area (Å²) in [5.41, 5.74) is 4.54. The van der Waals surface area contributed by atoms with Crippen LogP contribution in [0.5, 0.6) is 0 Å². The van der Waals surface area contributed by atoms with E-state index in [2.05, 4.69) is 83.3 Å². The van der Waals surface area contributed by atoms with Crippen LogP contribution in [0.15, 0.2) is 59.7 Å². The molecule has 2 N–H and O–H groups in total. The van der Waals surface area contributed by atoms with Crippen LogP contribution in [0.25, 0.3) is 5.65 Å². The molecule has 32 heavy (non-hydrogen) atoms. The van der Waals surface area contributed by atoms with Crippen molar-refractivity contribution in [2.24, 2.45) is 4.99 Å². The minimum atomic E-state index is 0. The van der Waals surface area contributed by atoms with E-state index in [1.807, 2.05) is 12.1 Å². The zero-order valence-electron chi connectivity index (χ0n) is 19.3. The molecule has 1 aliphatic rings. The Bertz CT molecular complexity index is 1010.